The van der Waals surface area contributed by atoms with E-state index in [9.17, 15) is 18.0 Å². The Morgan fingerprint density at radius 3 is 2.71 bits per heavy atom. The van der Waals surface area contributed by atoms with Crippen molar-refractivity contribution in [1.29, 1.82) is 0 Å². The Labute approximate surface area is 146 Å². The molecule has 1 atom stereocenters. The molecule has 2 amide bonds. The minimum Gasteiger partial charge on any atom is -0.351 e. The van der Waals surface area contributed by atoms with Crippen LogP contribution in [-0.4, -0.2) is 56.6 Å². The molecule has 2 heterocycles. The van der Waals surface area contributed by atoms with E-state index in [-0.39, 0.29) is 28.5 Å². The van der Waals surface area contributed by atoms with Crippen LogP contribution in [-0.2, 0) is 26.2 Å². The number of piperidine rings is 1. The lowest BCUT2D eigenvalue weighted by Crippen LogP contribution is -2.44. The second-order valence-corrected chi connectivity index (χ2v) is 9.40. The van der Waals surface area contributed by atoms with Gasteiger partial charge in [0, 0.05) is 39.0 Å². The molecule has 0 aliphatic carbocycles. The molecule has 2 rings (SSSR count). The first-order chi connectivity index (χ1) is 11.2. The van der Waals surface area contributed by atoms with Crippen LogP contribution < -0.4 is 5.32 Å². The van der Waals surface area contributed by atoms with Crippen molar-refractivity contribution in [2.75, 3.05) is 27.2 Å². The van der Waals surface area contributed by atoms with E-state index in [0.29, 0.717) is 25.9 Å². The summed E-state index contributed by atoms with van der Waals surface area (Å²) in [6.07, 6.45) is 1.38. The van der Waals surface area contributed by atoms with Crippen LogP contribution in [0.2, 0.25) is 0 Å². The van der Waals surface area contributed by atoms with Gasteiger partial charge in [0.15, 0.2) is 0 Å². The first-order valence-electron chi connectivity index (χ1n) is 7.76. The number of thiophene rings is 1. The number of amides is 2. The zero-order chi connectivity index (χ0) is 17.9. The van der Waals surface area contributed by atoms with Gasteiger partial charge in [0.25, 0.3) is 10.0 Å². The number of sulfonamides is 1. The molecule has 1 aromatic heterocycles. The van der Waals surface area contributed by atoms with Crippen LogP contribution in [0.1, 0.15) is 24.6 Å². The maximum atomic E-state index is 12.8. The van der Waals surface area contributed by atoms with Gasteiger partial charge in [-0.05, 0) is 25.0 Å². The van der Waals surface area contributed by atoms with Crippen LogP contribution >= 0.6 is 11.3 Å². The molecule has 1 fully saturated rings. The minimum absolute atomic E-state index is 0.0348. The van der Waals surface area contributed by atoms with Crippen LogP contribution in [0.4, 0.5) is 0 Å². The number of hydrogen-bond donors (Lipinski definition) is 1. The third-order valence-electron chi connectivity index (χ3n) is 3.92. The van der Waals surface area contributed by atoms with E-state index < -0.39 is 10.0 Å². The fraction of sp³-hybridized carbons (Fsp3) is 0.600. The molecule has 1 saturated heterocycles. The molecule has 0 saturated carbocycles. The Bertz CT molecular complexity index is 712. The first kappa shape index (κ1) is 18.9. The van der Waals surface area contributed by atoms with Gasteiger partial charge in [-0.25, -0.2) is 8.42 Å². The minimum atomic E-state index is -3.60. The van der Waals surface area contributed by atoms with E-state index in [0.717, 1.165) is 16.2 Å². The molecule has 134 valence electrons. The van der Waals surface area contributed by atoms with Crippen molar-refractivity contribution in [3.63, 3.8) is 0 Å². The number of hydrogen-bond acceptors (Lipinski definition) is 5. The van der Waals surface area contributed by atoms with Crippen molar-refractivity contribution in [3.8, 4) is 0 Å². The summed E-state index contributed by atoms with van der Waals surface area (Å²) in [4.78, 5) is 25.4. The van der Waals surface area contributed by atoms with E-state index in [2.05, 4.69) is 5.32 Å². The normalized spacial score (nSPS) is 19.0. The Morgan fingerprint density at radius 1 is 1.38 bits per heavy atom. The van der Waals surface area contributed by atoms with Gasteiger partial charge in [-0.1, -0.05) is 0 Å². The Hall–Kier alpha value is -1.45. The molecular weight excluding hydrogens is 350 g/mol. The highest BCUT2D eigenvalue weighted by Gasteiger charge is 2.34. The van der Waals surface area contributed by atoms with Crippen molar-refractivity contribution >= 4 is 33.2 Å². The maximum absolute atomic E-state index is 12.8. The van der Waals surface area contributed by atoms with E-state index in [1.807, 2.05) is 0 Å². The highest BCUT2D eigenvalue weighted by atomic mass is 32.2. The molecule has 1 N–H and O–H groups in total. The van der Waals surface area contributed by atoms with Crippen LogP contribution in [0, 0.1) is 5.92 Å². The smallest absolute Gasteiger partial charge is 0.252 e. The molecular formula is C15H23N3O4S2. The molecule has 0 aromatic carbocycles. The van der Waals surface area contributed by atoms with Gasteiger partial charge in [-0.3, -0.25) is 9.59 Å². The summed E-state index contributed by atoms with van der Waals surface area (Å²) in [5, 5.41) is 2.65. The highest BCUT2D eigenvalue weighted by molar-refractivity contribution is 7.91. The largest absolute Gasteiger partial charge is 0.351 e. The van der Waals surface area contributed by atoms with Gasteiger partial charge < -0.3 is 10.2 Å². The Balaban J connectivity index is 2.12. The predicted octanol–water partition coefficient (Wildman–Crippen LogP) is 0.873. The fourth-order valence-electron chi connectivity index (χ4n) is 2.66. The number of carbonyl (C=O) groups is 2. The Kier molecular flexibility index (Phi) is 6.00. The zero-order valence-corrected chi connectivity index (χ0v) is 15.7. The summed E-state index contributed by atoms with van der Waals surface area (Å²) in [5.74, 6) is -0.483. The monoisotopic (exact) mass is 373 g/mol. The summed E-state index contributed by atoms with van der Waals surface area (Å²) in [6, 6.07) is 3.27. The molecule has 24 heavy (non-hydrogen) atoms. The van der Waals surface area contributed by atoms with Gasteiger partial charge in [0.2, 0.25) is 11.8 Å². The maximum Gasteiger partial charge on any atom is 0.252 e. The van der Waals surface area contributed by atoms with Crippen molar-refractivity contribution in [3.05, 3.63) is 17.0 Å². The summed E-state index contributed by atoms with van der Waals surface area (Å²) in [6.45, 7) is 2.38. The molecule has 9 heteroatoms. The lowest BCUT2D eigenvalue weighted by Gasteiger charge is -2.32. The summed E-state index contributed by atoms with van der Waals surface area (Å²) in [7, 11) is -0.236. The fourth-order valence-corrected chi connectivity index (χ4v) is 5.63. The number of rotatable bonds is 5. The summed E-state index contributed by atoms with van der Waals surface area (Å²) in [5.41, 5.74) is 0. The quantitative estimate of drug-likeness (QED) is 0.830. The average molecular weight is 374 g/mol. The van der Waals surface area contributed by atoms with Gasteiger partial charge in [-0.2, -0.15) is 4.31 Å². The average Bonchev–Trinajstić information content (AvgIpc) is 3.02. The van der Waals surface area contributed by atoms with Gasteiger partial charge in [-0.15, -0.1) is 11.3 Å². The first-order valence-corrected chi connectivity index (χ1v) is 10.0. The molecule has 1 aliphatic rings. The summed E-state index contributed by atoms with van der Waals surface area (Å²) >= 11 is 1.15. The predicted molar refractivity (Wildman–Crippen MR) is 92.0 cm³/mol. The van der Waals surface area contributed by atoms with Crippen molar-refractivity contribution in [2.24, 2.45) is 5.92 Å². The SMILES string of the molecule is CC(=O)NCc1ccc(S(=O)(=O)N2CCC[C@@H](C(=O)N(C)C)C2)s1. The number of nitrogens with one attached hydrogen (secondary N) is 1. The van der Waals surface area contributed by atoms with Crippen molar-refractivity contribution in [2.45, 2.75) is 30.5 Å². The lowest BCUT2D eigenvalue weighted by molar-refractivity contribution is -0.134. The van der Waals surface area contributed by atoms with Crippen LogP contribution in [0.25, 0.3) is 0 Å². The van der Waals surface area contributed by atoms with Crippen LogP contribution in [0.5, 0.6) is 0 Å². The van der Waals surface area contributed by atoms with E-state index in [4.69, 9.17) is 0 Å². The second kappa shape index (κ2) is 7.62. The third-order valence-corrected chi connectivity index (χ3v) is 7.33. The van der Waals surface area contributed by atoms with Crippen molar-refractivity contribution < 1.29 is 18.0 Å². The second-order valence-electron chi connectivity index (χ2n) is 6.07. The van der Waals surface area contributed by atoms with Crippen LogP contribution in [0.15, 0.2) is 16.3 Å². The topological polar surface area (TPSA) is 86.8 Å². The van der Waals surface area contributed by atoms with E-state index in [1.165, 1.54) is 16.1 Å². The van der Waals surface area contributed by atoms with Gasteiger partial charge in [0.05, 0.1) is 12.5 Å². The van der Waals surface area contributed by atoms with Gasteiger partial charge in [0.1, 0.15) is 4.21 Å². The highest BCUT2D eigenvalue weighted by Crippen LogP contribution is 2.29. The molecule has 0 bridgehead atoms. The number of nitrogens with zero attached hydrogens (tertiary/aromatic N) is 2. The molecule has 1 aliphatic heterocycles. The third kappa shape index (κ3) is 4.34. The van der Waals surface area contributed by atoms with Crippen LogP contribution in [0.3, 0.4) is 0 Å². The number of carbonyl (C=O) groups excluding carboxylic acids is 2. The lowest BCUT2D eigenvalue weighted by atomic mass is 9.98. The molecule has 1 aromatic rings. The molecule has 0 spiro atoms. The molecule has 0 unspecified atom stereocenters. The molecule has 7 nitrogen and oxygen atoms in total. The van der Waals surface area contributed by atoms with Crippen molar-refractivity contribution in [1.82, 2.24) is 14.5 Å². The van der Waals surface area contributed by atoms with E-state index >= 15 is 0 Å². The zero-order valence-electron chi connectivity index (χ0n) is 14.1. The summed E-state index contributed by atoms with van der Waals surface area (Å²) < 4.78 is 27.3. The standard InChI is InChI=1S/C15H23N3O4S2/c1-11(19)16-9-13-6-7-14(23-13)24(21,22)18-8-4-5-12(10-18)15(20)17(2)3/h6-7,12H,4-5,8-10H2,1-3H3,(H,16,19)/t12-/m1/s1. The molecule has 0 radical (unpaired) electrons. The van der Waals surface area contributed by atoms with Gasteiger partial charge >= 0.3 is 0 Å². The Morgan fingerprint density at radius 2 is 2.08 bits per heavy atom. The van der Waals surface area contributed by atoms with E-state index in [1.54, 1.807) is 26.2 Å².